The van der Waals surface area contributed by atoms with Gasteiger partial charge in [0.05, 0.1) is 6.04 Å². The van der Waals surface area contributed by atoms with E-state index in [0.717, 1.165) is 26.1 Å². The minimum absolute atomic E-state index is 0.0708. The fraction of sp³-hybridized carbons (Fsp3) is 0.909. The Labute approximate surface area is 92.8 Å². The predicted octanol–water partition coefficient (Wildman–Crippen LogP) is 0.773. The van der Waals surface area contributed by atoms with E-state index in [1.165, 1.54) is 0 Å². The fourth-order valence-electron chi connectivity index (χ4n) is 1.22. The molecule has 15 heavy (non-hydrogen) atoms. The van der Waals surface area contributed by atoms with Gasteiger partial charge >= 0.3 is 0 Å². The van der Waals surface area contributed by atoms with Gasteiger partial charge in [0.1, 0.15) is 0 Å². The molecule has 0 heterocycles. The van der Waals surface area contributed by atoms with Gasteiger partial charge < -0.3 is 15.4 Å². The molecular weight excluding hydrogens is 192 g/mol. The molecule has 0 radical (unpaired) electrons. The summed E-state index contributed by atoms with van der Waals surface area (Å²) in [7, 11) is 1.69. The van der Waals surface area contributed by atoms with Crippen LogP contribution in [0, 0.1) is 5.92 Å². The number of rotatable bonds is 8. The lowest BCUT2D eigenvalue weighted by Gasteiger charge is -2.16. The van der Waals surface area contributed by atoms with Crippen LogP contribution >= 0.6 is 0 Å². The van der Waals surface area contributed by atoms with Crippen molar-refractivity contribution in [1.29, 1.82) is 0 Å². The van der Waals surface area contributed by atoms with Crippen molar-refractivity contribution in [1.82, 2.24) is 10.6 Å². The molecule has 0 saturated heterocycles. The summed E-state index contributed by atoms with van der Waals surface area (Å²) in [4.78, 5) is 11.5. The second kappa shape index (κ2) is 8.68. The number of hydrogen-bond donors (Lipinski definition) is 2. The summed E-state index contributed by atoms with van der Waals surface area (Å²) < 4.78 is 5.02. The molecule has 0 aromatic heterocycles. The molecule has 2 unspecified atom stereocenters. The van der Waals surface area contributed by atoms with Crippen molar-refractivity contribution in [3.05, 3.63) is 0 Å². The quantitative estimate of drug-likeness (QED) is 0.630. The Kier molecular flexibility index (Phi) is 8.33. The van der Waals surface area contributed by atoms with Crippen molar-refractivity contribution >= 4 is 5.91 Å². The van der Waals surface area contributed by atoms with Crippen molar-refractivity contribution in [2.24, 2.45) is 5.92 Å². The smallest absolute Gasteiger partial charge is 0.236 e. The van der Waals surface area contributed by atoms with E-state index in [1.807, 2.05) is 13.8 Å². The molecule has 0 rings (SSSR count). The standard InChI is InChI=1S/C11H24N2O2/c1-5-6-12-11(14)10(3)13-7-9(2)8-15-4/h9-10,13H,5-8H2,1-4H3,(H,12,14). The van der Waals surface area contributed by atoms with Gasteiger partial charge in [-0.25, -0.2) is 0 Å². The summed E-state index contributed by atoms with van der Waals surface area (Å²) >= 11 is 0. The Balaban J connectivity index is 3.62. The van der Waals surface area contributed by atoms with Crippen LogP contribution < -0.4 is 10.6 Å². The lowest BCUT2D eigenvalue weighted by molar-refractivity contribution is -0.122. The number of hydrogen-bond acceptors (Lipinski definition) is 3. The van der Waals surface area contributed by atoms with E-state index in [0.29, 0.717) is 5.92 Å². The lowest BCUT2D eigenvalue weighted by Crippen LogP contribution is -2.44. The second-order valence-electron chi connectivity index (χ2n) is 3.98. The van der Waals surface area contributed by atoms with E-state index in [2.05, 4.69) is 17.6 Å². The average Bonchev–Trinajstić information content (AvgIpc) is 2.22. The molecule has 0 aromatic carbocycles. The summed E-state index contributed by atoms with van der Waals surface area (Å²) in [5.74, 6) is 0.498. The predicted molar refractivity (Wildman–Crippen MR) is 61.8 cm³/mol. The van der Waals surface area contributed by atoms with E-state index in [1.54, 1.807) is 7.11 Å². The van der Waals surface area contributed by atoms with Crippen LogP contribution in [0.3, 0.4) is 0 Å². The Morgan fingerprint density at radius 2 is 2.07 bits per heavy atom. The second-order valence-corrected chi connectivity index (χ2v) is 3.98. The normalized spacial score (nSPS) is 14.7. The molecule has 0 aromatic rings. The van der Waals surface area contributed by atoms with Gasteiger partial charge in [0.2, 0.25) is 5.91 Å². The highest BCUT2D eigenvalue weighted by atomic mass is 16.5. The fourth-order valence-corrected chi connectivity index (χ4v) is 1.22. The minimum Gasteiger partial charge on any atom is -0.384 e. The van der Waals surface area contributed by atoms with Gasteiger partial charge in [0.25, 0.3) is 0 Å². The number of nitrogens with one attached hydrogen (secondary N) is 2. The molecule has 0 aliphatic heterocycles. The number of methoxy groups -OCH3 is 1. The number of ether oxygens (including phenoxy) is 1. The highest BCUT2D eigenvalue weighted by Gasteiger charge is 2.12. The molecular formula is C11H24N2O2. The van der Waals surface area contributed by atoms with Crippen LogP contribution in [0.2, 0.25) is 0 Å². The first-order chi connectivity index (χ1) is 7.11. The van der Waals surface area contributed by atoms with Crippen LogP contribution in [0.25, 0.3) is 0 Å². The van der Waals surface area contributed by atoms with E-state index in [4.69, 9.17) is 4.74 Å². The van der Waals surface area contributed by atoms with Crippen molar-refractivity contribution in [2.75, 3.05) is 26.8 Å². The minimum atomic E-state index is -0.129. The Bertz CT molecular complexity index is 174. The molecule has 0 fully saturated rings. The molecule has 2 N–H and O–H groups in total. The molecule has 0 aliphatic carbocycles. The van der Waals surface area contributed by atoms with Crippen LogP contribution in [0.1, 0.15) is 27.2 Å². The molecule has 0 spiro atoms. The van der Waals surface area contributed by atoms with Gasteiger partial charge in [-0.1, -0.05) is 13.8 Å². The molecule has 1 amide bonds. The summed E-state index contributed by atoms with van der Waals surface area (Å²) in [6.07, 6.45) is 0.971. The maximum absolute atomic E-state index is 11.5. The van der Waals surface area contributed by atoms with Gasteiger partial charge in [-0.15, -0.1) is 0 Å². The highest BCUT2D eigenvalue weighted by Crippen LogP contribution is 1.93. The van der Waals surface area contributed by atoms with E-state index < -0.39 is 0 Å². The number of amides is 1. The van der Waals surface area contributed by atoms with E-state index >= 15 is 0 Å². The lowest BCUT2D eigenvalue weighted by atomic mass is 10.2. The molecule has 4 nitrogen and oxygen atoms in total. The van der Waals surface area contributed by atoms with E-state index in [9.17, 15) is 4.79 Å². The Morgan fingerprint density at radius 1 is 1.40 bits per heavy atom. The largest absolute Gasteiger partial charge is 0.384 e. The summed E-state index contributed by atoms with van der Waals surface area (Å²) in [5.41, 5.74) is 0. The van der Waals surface area contributed by atoms with Gasteiger partial charge in [-0.3, -0.25) is 4.79 Å². The zero-order chi connectivity index (χ0) is 11.7. The number of carbonyl (C=O) groups is 1. The zero-order valence-corrected chi connectivity index (χ0v) is 10.3. The Hall–Kier alpha value is -0.610. The summed E-state index contributed by atoms with van der Waals surface area (Å²) in [5, 5.41) is 6.04. The van der Waals surface area contributed by atoms with Crippen LogP contribution in [0.4, 0.5) is 0 Å². The SMILES string of the molecule is CCCNC(=O)C(C)NCC(C)COC. The van der Waals surface area contributed by atoms with Crippen LogP contribution in [-0.4, -0.2) is 38.8 Å². The van der Waals surface area contributed by atoms with E-state index in [-0.39, 0.29) is 11.9 Å². The summed E-state index contributed by atoms with van der Waals surface area (Å²) in [6.45, 7) is 8.28. The molecule has 0 bridgehead atoms. The van der Waals surface area contributed by atoms with Gasteiger partial charge in [0.15, 0.2) is 0 Å². The van der Waals surface area contributed by atoms with Crippen molar-refractivity contribution in [3.63, 3.8) is 0 Å². The first kappa shape index (κ1) is 14.4. The monoisotopic (exact) mass is 216 g/mol. The first-order valence-electron chi connectivity index (χ1n) is 5.61. The third kappa shape index (κ3) is 7.33. The van der Waals surface area contributed by atoms with Gasteiger partial charge in [-0.2, -0.15) is 0 Å². The molecule has 4 heteroatoms. The third-order valence-electron chi connectivity index (χ3n) is 2.17. The topological polar surface area (TPSA) is 50.4 Å². The van der Waals surface area contributed by atoms with Crippen molar-refractivity contribution in [2.45, 2.75) is 33.2 Å². The van der Waals surface area contributed by atoms with Gasteiger partial charge in [0, 0.05) is 26.8 Å². The maximum atomic E-state index is 11.5. The summed E-state index contributed by atoms with van der Waals surface area (Å²) in [6, 6.07) is -0.129. The van der Waals surface area contributed by atoms with Gasteiger partial charge in [-0.05, 0) is 19.3 Å². The Morgan fingerprint density at radius 3 is 2.60 bits per heavy atom. The van der Waals surface area contributed by atoms with Crippen molar-refractivity contribution in [3.8, 4) is 0 Å². The third-order valence-corrected chi connectivity index (χ3v) is 2.17. The maximum Gasteiger partial charge on any atom is 0.236 e. The van der Waals surface area contributed by atoms with Crippen LogP contribution in [0.15, 0.2) is 0 Å². The zero-order valence-electron chi connectivity index (χ0n) is 10.3. The molecule has 0 saturated carbocycles. The number of carbonyl (C=O) groups excluding carboxylic acids is 1. The molecule has 0 aliphatic rings. The van der Waals surface area contributed by atoms with Crippen LogP contribution in [0.5, 0.6) is 0 Å². The average molecular weight is 216 g/mol. The molecule has 2 atom stereocenters. The first-order valence-corrected chi connectivity index (χ1v) is 5.61. The van der Waals surface area contributed by atoms with Crippen LogP contribution in [-0.2, 0) is 9.53 Å². The highest BCUT2D eigenvalue weighted by molar-refractivity contribution is 5.81. The van der Waals surface area contributed by atoms with Crippen molar-refractivity contribution < 1.29 is 9.53 Å². The molecule has 90 valence electrons.